The number of aliphatic hydroxyl groups is 3. The Morgan fingerprint density at radius 2 is 1.05 bits per heavy atom. The van der Waals surface area contributed by atoms with Crippen LogP contribution in [-0.2, 0) is 44.8 Å². The molecule has 56 heavy (non-hydrogen) atoms. The summed E-state index contributed by atoms with van der Waals surface area (Å²) in [5.74, 6) is 0.327. The molecule has 0 spiro atoms. The normalized spacial score (nSPS) is 24.8. The Labute approximate surface area is 333 Å². The Kier molecular flexibility index (Phi) is 13.7. The van der Waals surface area contributed by atoms with Crippen LogP contribution in [0.1, 0.15) is 119 Å². The van der Waals surface area contributed by atoms with Gasteiger partial charge in [0.15, 0.2) is 11.6 Å². The third-order valence-corrected chi connectivity index (χ3v) is 12.1. The number of nitrogens with zero attached hydrogens (tertiary/aromatic N) is 2. The number of hydrogen-bond donors (Lipinski definition) is 3. The first kappa shape index (κ1) is 42.9. The van der Waals surface area contributed by atoms with E-state index in [9.17, 15) is 19.5 Å². The van der Waals surface area contributed by atoms with E-state index in [2.05, 4.69) is 75.8 Å². The van der Waals surface area contributed by atoms with Crippen molar-refractivity contribution < 1.29 is 34.4 Å². The summed E-state index contributed by atoms with van der Waals surface area (Å²) in [5.41, 5.74) is 9.35. The minimum absolute atomic E-state index is 0.0786. The molecule has 2 aromatic carbocycles. The van der Waals surface area contributed by atoms with Gasteiger partial charge in [-0.05, 0) is 131 Å². The number of esters is 1. The predicted molar refractivity (Wildman–Crippen MR) is 222 cm³/mol. The lowest BCUT2D eigenvalue weighted by Gasteiger charge is -2.22. The van der Waals surface area contributed by atoms with Crippen LogP contribution in [0.5, 0.6) is 0 Å². The fraction of sp³-hybridized carbons (Fsp3) is 0.553. The molecule has 0 radical (unpaired) electrons. The van der Waals surface area contributed by atoms with E-state index in [1.165, 1.54) is 11.1 Å². The number of fused-ring (bicyclic) bond motifs is 2. The second-order valence-corrected chi connectivity index (χ2v) is 17.0. The highest BCUT2D eigenvalue weighted by Crippen LogP contribution is 2.53. The summed E-state index contributed by atoms with van der Waals surface area (Å²) >= 11 is 0. The monoisotopic (exact) mass is 766 g/mol. The summed E-state index contributed by atoms with van der Waals surface area (Å²) in [6.07, 6.45) is 9.58. The second kappa shape index (κ2) is 17.9. The van der Waals surface area contributed by atoms with Crippen molar-refractivity contribution in [2.45, 2.75) is 114 Å². The molecule has 2 saturated carbocycles. The van der Waals surface area contributed by atoms with Gasteiger partial charge in [-0.25, -0.2) is 0 Å². The van der Waals surface area contributed by atoms with Crippen molar-refractivity contribution in [1.29, 1.82) is 0 Å². The van der Waals surface area contributed by atoms with Gasteiger partial charge in [0.25, 0.3) is 0 Å². The molecule has 4 aliphatic carbocycles. The standard InChI is InChI=1S/C26H35NO4.C21H27NO3/c1-7-17-9-15(3)10-18(8-2)21(17)22-23(29)19-11-16(13-27-14-28)12-20(19)24(22)31-25(30)26(4,5)6;1-4-14-6-12(3)7-15(5-2)18(14)19-20(24)16-8-13(10-22-11-23)9-17(16)21(19)25/h9-10,13,16,19-20,28H,7-8,11-12,14H2,1-6H3;6-7,10,13,16-17,23-24H,4-5,8-9,11H2,1-3H3. The van der Waals surface area contributed by atoms with Crippen LogP contribution in [0.3, 0.4) is 0 Å². The second-order valence-electron chi connectivity index (χ2n) is 17.0. The molecule has 3 N–H and O–H groups in total. The molecular weight excluding hydrogens is 705 g/mol. The van der Waals surface area contributed by atoms with Crippen molar-refractivity contribution in [3.63, 3.8) is 0 Å². The molecule has 0 aromatic heterocycles. The quantitative estimate of drug-likeness (QED) is 0.154. The minimum atomic E-state index is -0.663. The van der Waals surface area contributed by atoms with Crippen LogP contribution in [0.15, 0.2) is 45.8 Å². The summed E-state index contributed by atoms with van der Waals surface area (Å²) in [6.45, 7) is 17.5. The highest BCUT2D eigenvalue weighted by Gasteiger charge is 2.51. The first-order valence-corrected chi connectivity index (χ1v) is 20.6. The number of allylic oxidation sites excluding steroid dienone is 4. The highest BCUT2D eigenvalue weighted by atomic mass is 16.5. The number of aryl methyl sites for hydroxylation is 6. The maximum Gasteiger partial charge on any atom is 0.316 e. The molecule has 6 unspecified atom stereocenters. The van der Waals surface area contributed by atoms with Gasteiger partial charge < -0.3 is 20.1 Å². The van der Waals surface area contributed by atoms with Gasteiger partial charge in [-0.1, -0.05) is 63.1 Å². The molecule has 0 aliphatic heterocycles. The fourth-order valence-corrected chi connectivity index (χ4v) is 9.47. The van der Waals surface area contributed by atoms with Crippen molar-refractivity contribution in [2.24, 2.45) is 50.9 Å². The molecule has 6 rings (SSSR count). The summed E-state index contributed by atoms with van der Waals surface area (Å²) in [6, 6.07) is 8.55. The maximum atomic E-state index is 13.7. The zero-order valence-corrected chi connectivity index (χ0v) is 34.9. The number of aliphatic imine (C=N–C) groups is 2. The third-order valence-electron chi connectivity index (χ3n) is 12.1. The van der Waals surface area contributed by atoms with E-state index in [4.69, 9.17) is 14.9 Å². The molecular formula is C47H62N2O7. The lowest BCUT2D eigenvalue weighted by Crippen LogP contribution is -2.24. The van der Waals surface area contributed by atoms with Gasteiger partial charge in [0.1, 0.15) is 25.0 Å². The van der Waals surface area contributed by atoms with E-state index in [0.29, 0.717) is 36.2 Å². The summed E-state index contributed by atoms with van der Waals surface area (Å²) in [5, 5.41) is 28.8. The van der Waals surface area contributed by atoms with Crippen LogP contribution >= 0.6 is 0 Å². The lowest BCUT2D eigenvalue weighted by molar-refractivity contribution is -0.149. The number of carbonyl (C=O) groups is 3. The van der Waals surface area contributed by atoms with Gasteiger partial charge >= 0.3 is 5.97 Å². The van der Waals surface area contributed by atoms with Crippen molar-refractivity contribution in [1.82, 2.24) is 0 Å². The summed E-state index contributed by atoms with van der Waals surface area (Å²) in [7, 11) is 0. The topological polar surface area (TPSA) is 146 Å². The van der Waals surface area contributed by atoms with Gasteiger partial charge in [0, 0.05) is 36.1 Å². The first-order chi connectivity index (χ1) is 26.6. The van der Waals surface area contributed by atoms with E-state index in [0.717, 1.165) is 65.5 Å². The molecule has 9 heteroatoms. The zero-order valence-electron chi connectivity index (χ0n) is 34.9. The van der Waals surface area contributed by atoms with Crippen molar-refractivity contribution in [3.05, 3.63) is 80.3 Å². The Morgan fingerprint density at radius 1 is 0.679 bits per heavy atom. The summed E-state index contributed by atoms with van der Waals surface area (Å²) in [4.78, 5) is 47.6. The smallest absolute Gasteiger partial charge is 0.316 e. The number of benzene rings is 2. The number of ether oxygens (including phenoxy) is 1. The number of ketones is 2. The van der Waals surface area contributed by atoms with Crippen LogP contribution in [0, 0.1) is 54.8 Å². The van der Waals surface area contributed by atoms with Gasteiger partial charge in [-0.2, -0.15) is 0 Å². The molecule has 6 atom stereocenters. The third kappa shape index (κ3) is 8.54. The van der Waals surface area contributed by atoms with Gasteiger partial charge in [-0.15, -0.1) is 0 Å². The maximum absolute atomic E-state index is 13.7. The van der Waals surface area contributed by atoms with Crippen molar-refractivity contribution in [3.8, 4) is 0 Å². The average Bonchev–Trinajstić information content (AvgIpc) is 3.90. The fourth-order valence-electron chi connectivity index (χ4n) is 9.47. The molecule has 9 nitrogen and oxygen atoms in total. The number of aliphatic hydroxyl groups excluding tert-OH is 3. The molecule has 2 fully saturated rings. The molecule has 0 saturated heterocycles. The first-order valence-electron chi connectivity index (χ1n) is 20.6. The van der Waals surface area contributed by atoms with Crippen LogP contribution in [-0.4, -0.2) is 58.7 Å². The molecule has 302 valence electrons. The van der Waals surface area contributed by atoms with E-state index in [1.54, 1.807) is 12.4 Å². The van der Waals surface area contributed by atoms with Crippen molar-refractivity contribution in [2.75, 3.05) is 13.5 Å². The number of Topliss-reactive ketones (excluding diaryl/α,β-unsaturated/α-hetero) is 2. The van der Waals surface area contributed by atoms with Crippen molar-refractivity contribution >= 4 is 41.1 Å². The number of hydrogen-bond acceptors (Lipinski definition) is 9. The van der Waals surface area contributed by atoms with Gasteiger partial charge in [0.2, 0.25) is 0 Å². The van der Waals surface area contributed by atoms with Crippen LogP contribution in [0.25, 0.3) is 11.1 Å². The molecule has 0 bridgehead atoms. The highest BCUT2D eigenvalue weighted by molar-refractivity contribution is 6.26. The van der Waals surface area contributed by atoms with Gasteiger partial charge in [0.05, 0.1) is 16.6 Å². The Hall–Kier alpha value is -4.21. The van der Waals surface area contributed by atoms with E-state index < -0.39 is 5.41 Å². The molecule has 0 amide bonds. The molecule has 0 heterocycles. The minimum Gasteiger partial charge on any atom is -0.511 e. The number of carbonyl (C=O) groups excluding carboxylic acids is 3. The zero-order chi connectivity index (χ0) is 41.1. The SMILES string of the molecule is CCc1cc(C)cc(CC)c1C1=C(O)C2CC(C=NCO)CC2C1=O.CCc1cc(C)cc(CC)c1C1=C(OC(=O)C(C)(C)C)C2CC(C=NCO)CC2C1=O. The lowest BCUT2D eigenvalue weighted by atomic mass is 9.87. The molecule has 2 aromatic rings. The Bertz CT molecular complexity index is 1910. The van der Waals surface area contributed by atoms with Gasteiger partial charge in [-0.3, -0.25) is 24.4 Å². The van der Waals surface area contributed by atoms with Crippen LogP contribution < -0.4 is 0 Å². The Balaban J connectivity index is 0.000000219. The van der Waals surface area contributed by atoms with Crippen LogP contribution in [0.4, 0.5) is 0 Å². The largest absolute Gasteiger partial charge is 0.511 e. The predicted octanol–water partition coefficient (Wildman–Crippen LogP) is 8.30. The average molecular weight is 767 g/mol. The van der Waals surface area contributed by atoms with E-state index in [-0.39, 0.29) is 72.3 Å². The summed E-state index contributed by atoms with van der Waals surface area (Å²) < 4.78 is 6.04. The van der Waals surface area contributed by atoms with E-state index in [1.807, 2.05) is 20.8 Å². The molecule has 4 aliphatic rings. The van der Waals surface area contributed by atoms with E-state index >= 15 is 0 Å². The number of rotatable bonds is 11. The Morgan fingerprint density at radius 3 is 1.45 bits per heavy atom. The van der Waals surface area contributed by atoms with Crippen LogP contribution in [0.2, 0.25) is 0 Å².